The summed E-state index contributed by atoms with van der Waals surface area (Å²) in [6.07, 6.45) is 4.36. The van der Waals surface area contributed by atoms with Gasteiger partial charge >= 0.3 is 0 Å². The van der Waals surface area contributed by atoms with Gasteiger partial charge in [0.05, 0.1) is 17.7 Å². The molecule has 30 heavy (non-hydrogen) atoms. The van der Waals surface area contributed by atoms with Gasteiger partial charge in [0.15, 0.2) is 0 Å². The summed E-state index contributed by atoms with van der Waals surface area (Å²) in [5, 5.41) is 15.8. The molecular formula is C23H31N5O2. The van der Waals surface area contributed by atoms with Gasteiger partial charge in [-0.3, -0.25) is 10.2 Å². The molecule has 2 aliphatic rings. The van der Waals surface area contributed by atoms with Gasteiger partial charge in [-0.1, -0.05) is 11.6 Å². The van der Waals surface area contributed by atoms with E-state index in [0.29, 0.717) is 17.6 Å². The van der Waals surface area contributed by atoms with Crippen LogP contribution in [0.1, 0.15) is 43.7 Å². The molecule has 4 rings (SSSR count). The summed E-state index contributed by atoms with van der Waals surface area (Å²) in [6, 6.07) is 9.07. The molecule has 1 aromatic carbocycles. The van der Waals surface area contributed by atoms with Crippen LogP contribution in [-0.4, -0.2) is 55.1 Å². The smallest absolute Gasteiger partial charge is 0.222 e. The first-order valence-corrected chi connectivity index (χ1v) is 10.9. The summed E-state index contributed by atoms with van der Waals surface area (Å²) in [4.78, 5) is 18.7. The molecule has 0 bridgehead atoms. The van der Waals surface area contributed by atoms with Crippen molar-refractivity contribution in [2.24, 2.45) is 0 Å². The molecule has 7 heteroatoms. The highest BCUT2D eigenvalue weighted by Crippen LogP contribution is 2.27. The normalized spacial score (nSPS) is 20.3. The van der Waals surface area contributed by atoms with Crippen molar-refractivity contribution in [2.75, 3.05) is 31.2 Å². The molecular weight excluding hydrogens is 378 g/mol. The topological polar surface area (TPSA) is 90.3 Å². The Kier molecular flexibility index (Phi) is 6.29. The van der Waals surface area contributed by atoms with Crippen molar-refractivity contribution >= 4 is 28.5 Å². The zero-order chi connectivity index (χ0) is 21.1. The molecule has 2 fully saturated rings. The lowest BCUT2D eigenvalue weighted by Gasteiger charge is -2.36. The number of carbonyl (C=O) groups is 1. The molecule has 1 aromatic heterocycles. The van der Waals surface area contributed by atoms with Crippen LogP contribution in [0.25, 0.3) is 10.9 Å². The van der Waals surface area contributed by atoms with E-state index >= 15 is 0 Å². The molecule has 2 saturated heterocycles. The summed E-state index contributed by atoms with van der Waals surface area (Å²) >= 11 is 0. The maximum Gasteiger partial charge on any atom is 0.222 e. The SMILES string of the molecule is CC(=O)NC(=N)c1cc2cc(C)ccc2nc1N1CCC(NC2CCCOC2)CC1. The van der Waals surface area contributed by atoms with Crippen LogP contribution in [0.2, 0.25) is 0 Å². The third-order valence-corrected chi connectivity index (χ3v) is 5.95. The molecule has 1 amide bonds. The zero-order valence-electron chi connectivity index (χ0n) is 17.8. The number of hydrogen-bond donors (Lipinski definition) is 3. The molecule has 160 valence electrons. The van der Waals surface area contributed by atoms with Gasteiger partial charge in [-0.05, 0) is 50.8 Å². The second-order valence-corrected chi connectivity index (χ2v) is 8.45. The highest BCUT2D eigenvalue weighted by atomic mass is 16.5. The van der Waals surface area contributed by atoms with E-state index < -0.39 is 0 Å². The Balaban J connectivity index is 1.54. The average Bonchev–Trinajstić information content (AvgIpc) is 2.73. The van der Waals surface area contributed by atoms with Crippen LogP contribution in [0, 0.1) is 12.3 Å². The van der Waals surface area contributed by atoms with E-state index in [9.17, 15) is 4.79 Å². The zero-order valence-corrected chi connectivity index (χ0v) is 17.8. The van der Waals surface area contributed by atoms with Crippen LogP contribution < -0.4 is 15.5 Å². The van der Waals surface area contributed by atoms with Gasteiger partial charge in [-0.25, -0.2) is 4.98 Å². The number of hydrogen-bond acceptors (Lipinski definition) is 6. The molecule has 0 saturated carbocycles. The molecule has 2 aromatic rings. The van der Waals surface area contributed by atoms with Crippen molar-refractivity contribution in [3.63, 3.8) is 0 Å². The minimum absolute atomic E-state index is 0.105. The first-order chi connectivity index (χ1) is 14.5. The second-order valence-electron chi connectivity index (χ2n) is 8.45. The van der Waals surface area contributed by atoms with Crippen LogP contribution in [0.4, 0.5) is 5.82 Å². The quantitative estimate of drug-likeness (QED) is 0.534. The third-order valence-electron chi connectivity index (χ3n) is 5.95. The lowest BCUT2D eigenvalue weighted by Crippen LogP contribution is -2.49. The number of anilines is 1. The Labute approximate surface area is 177 Å². The van der Waals surface area contributed by atoms with E-state index in [-0.39, 0.29) is 11.7 Å². The summed E-state index contributed by atoms with van der Waals surface area (Å²) in [7, 11) is 0. The Morgan fingerprint density at radius 2 is 2.00 bits per heavy atom. The van der Waals surface area contributed by atoms with Crippen molar-refractivity contribution in [3.8, 4) is 0 Å². The number of nitrogens with zero attached hydrogens (tertiary/aromatic N) is 2. The predicted octanol–water partition coefficient (Wildman–Crippen LogP) is 2.74. The van der Waals surface area contributed by atoms with Crippen molar-refractivity contribution in [1.29, 1.82) is 5.41 Å². The van der Waals surface area contributed by atoms with E-state index in [1.54, 1.807) is 0 Å². The Morgan fingerprint density at radius 1 is 1.20 bits per heavy atom. The first kappa shape index (κ1) is 20.8. The number of fused-ring (bicyclic) bond motifs is 1. The molecule has 0 radical (unpaired) electrons. The molecule has 0 aliphatic carbocycles. The number of amidine groups is 1. The van der Waals surface area contributed by atoms with Crippen molar-refractivity contribution in [1.82, 2.24) is 15.6 Å². The van der Waals surface area contributed by atoms with Gasteiger partial charge in [0.25, 0.3) is 0 Å². The number of pyridine rings is 1. The number of aryl methyl sites for hydroxylation is 1. The van der Waals surface area contributed by atoms with E-state index in [2.05, 4.69) is 27.7 Å². The fourth-order valence-electron chi connectivity index (χ4n) is 4.42. The molecule has 3 N–H and O–H groups in total. The minimum Gasteiger partial charge on any atom is -0.380 e. The Hall–Kier alpha value is -2.51. The standard InChI is InChI=1S/C23H31N5O2/c1-15-5-6-21-17(12-15)13-20(22(24)25-16(2)29)23(27-21)28-9-7-18(8-10-28)26-19-4-3-11-30-14-19/h5-6,12-13,18-19,26H,3-4,7-11,14H2,1-2H3,(H2,24,25,29). The van der Waals surface area contributed by atoms with Crippen LogP contribution in [0.3, 0.4) is 0 Å². The number of ether oxygens (including phenoxy) is 1. The molecule has 2 aliphatic heterocycles. The first-order valence-electron chi connectivity index (χ1n) is 10.9. The average molecular weight is 410 g/mol. The fraction of sp³-hybridized carbons (Fsp3) is 0.522. The number of benzene rings is 1. The van der Waals surface area contributed by atoms with Gasteiger partial charge < -0.3 is 20.3 Å². The van der Waals surface area contributed by atoms with E-state index in [0.717, 1.165) is 67.8 Å². The largest absolute Gasteiger partial charge is 0.380 e. The Morgan fingerprint density at radius 3 is 2.70 bits per heavy atom. The Bertz CT molecular complexity index is 931. The van der Waals surface area contributed by atoms with Gasteiger partial charge in [0.1, 0.15) is 11.7 Å². The number of aromatic nitrogens is 1. The maximum absolute atomic E-state index is 11.6. The van der Waals surface area contributed by atoms with Crippen LogP contribution in [0.15, 0.2) is 24.3 Å². The highest BCUT2D eigenvalue weighted by Gasteiger charge is 2.26. The van der Waals surface area contributed by atoms with Crippen LogP contribution >= 0.6 is 0 Å². The summed E-state index contributed by atoms with van der Waals surface area (Å²) in [5.74, 6) is 0.644. The monoisotopic (exact) mass is 409 g/mol. The summed E-state index contributed by atoms with van der Waals surface area (Å²) < 4.78 is 5.60. The molecule has 3 heterocycles. The number of rotatable bonds is 4. The van der Waals surface area contributed by atoms with Gasteiger partial charge in [0.2, 0.25) is 5.91 Å². The summed E-state index contributed by atoms with van der Waals surface area (Å²) in [6.45, 7) is 6.91. The lowest BCUT2D eigenvalue weighted by molar-refractivity contribution is -0.117. The van der Waals surface area contributed by atoms with Crippen LogP contribution in [-0.2, 0) is 9.53 Å². The highest BCUT2D eigenvalue weighted by molar-refractivity contribution is 6.10. The fourth-order valence-corrected chi connectivity index (χ4v) is 4.42. The van der Waals surface area contributed by atoms with E-state index in [1.165, 1.54) is 13.3 Å². The summed E-state index contributed by atoms with van der Waals surface area (Å²) in [5.41, 5.74) is 2.73. The maximum atomic E-state index is 11.6. The number of nitrogens with one attached hydrogen (secondary N) is 3. The van der Waals surface area contributed by atoms with Gasteiger partial charge in [-0.15, -0.1) is 0 Å². The van der Waals surface area contributed by atoms with Crippen molar-refractivity contribution in [3.05, 3.63) is 35.4 Å². The van der Waals surface area contributed by atoms with Gasteiger partial charge in [0, 0.05) is 44.1 Å². The molecule has 0 spiro atoms. The van der Waals surface area contributed by atoms with Crippen molar-refractivity contribution in [2.45, 2.75) is 51.6 Å². The third kappa shape index (κ3) is 4.79. The number of piperidine rings is 1. The predicted molar refractivity (Wildman–Crippen MR) is 119 cm³/mol. The van der Waals surface area contributed by atoms with Crippen LogP contribution in [0.5, 0.6) is 0 Å². The molecule has 1 unspecified atom stereocenters. The number of amides is 1. The lowest BCUT2D eigenvalue weighted by atomic mass is 10.0. The van der Waals surface area contributed by atoms with E-state index in [1.807, 2.05) is 19.1 Å². The minimum atomic E-state index is -0.243. The van der Waals surface area contributed by atoms with Crippen molar-refractivity contribution < 1.29 is 9.53 Å². The molecule has 1 atom stereocenters. The number of carbonyl (C=O) groups excluding carboxylic acids is 1. The second kappa shape index (κ2) is 9.10. The molecule has 7 nitrogen and oxygen atoms in total. The van der Waals surface area contributed by atoms with Gasteiger partial charge in [-0.2, -0.15) is 0 Å². The van der Waals surface area contributed by atoms with E-state index in [4.69, 9.17) is 15.1 Å².